The molecule has 2 aromatic rings. The second-order valence-corrected chi connectivity index (χ2v) is 7.17. The minimum absolute atomic E-state index is 0.102. The zero-order valence-corrected chi connectivity index (χ0v) is 15.7. The van der Waals surface area contributed by atoms with Crippen molar-refractivity contribution in [2.24, 2.45) is 0 Å². The van der Waals surface area contributed by atoms with Crippen molar-refractivity contribution in [3.05, 3.63) is 63.9 Å². The van der Waals surface area contributed by atoms with Gasteiger partial charge in [0.25, 0.3) is 0 Å². The molecule has 0 bridgehead atoms. The highest BCUT2D eigenvalue weighted by atomic mass is 79.9. The van der Waals surface area contributed by atoms with Gasteiger partial charge in [0.1, 0.15) is 5.82 Å². The molecule has 0 aliphatic carbocycles. The van der Waals surface area contributed by atoms with E-state index in [0.29, 0.717) is 10.5 Å². The van der Waals surface area contributed by atoms with E-state index >= 15 is 0 Å². The first-order valence-electron chi connectivity index (χ1n) is 7.35. The normalized spacial score (nSPS) is 11.8. The Balaban J connectivity index is 1.94. The highest BCUT2D eigenvalue weighted by Crippen LogP contribution is 2.25. The molecule has 126 valence electrons. The summed E-state index contributed by atoms with van der Waals surface area (Å²) in [7, 11) is 0. The minimum Gasteiger partial charge on any atom is -0.349 e. The molecule has 0 fully saturated rings. The van der Waals surface area contributed by atoms with Crippen molar-refractivity contribution in [1.82, 2.24) is 5.32 Å². The van der Waals surface area contributed by atoms with E-state index in [2.05, 4.69) is 21.2 Å². The zero-order valence-electron chi connectivity index (χ0n) is 13.3. The van der Waals surface area contributed by atoms with Gasteiger partial charge in [0, 0.05) is 14.9 Å². The monoisotopic (exact) mass is 409 g/mol. The molecule has 6 heteroatoms. The van der Waals surface area contributed by atoms with Gasteiger partial charge in [0.2, 0.25) is 5.91 Å². The van der Waals surface area contributed by atoms with Gasteiger partial charge >= 0.3 is 0 Å². The molecule has 2 rings (SSSR count). The maximum atomic E-state index is 13.9. The highest BCUT2D eigenvalue weighted by molar-refractivity contribution is 9.10. The number of hydrogen-bond donors (Lipinski definition) is 1. The fourth-order valence-corrected chi connectivity index (χ4v) is 3.53. The molecular formula is C18H17BrFNO2S. The summed E-state index contributed by atoms with van der Waals surface area (Å²) in [6, 6.07) is 11.8. The summed E-state index contributed by atoms with van der Waals surface area (Å²) in [5, 5.41) is 2.89. The number of hydrogen-bond acceptors (Lipinski definition) is 3. The third kappa shape index (κ3) is 4.92. The Bertz CT molecular complexity index is 766. The Hall–Kier alpha value is -1.66. The van der Waals surface area contributed by atoms with E-state index < -0.39 is 5.82 Å². The highest BCUT2D eigenvalue weighted by Gasteiger charge is 2.13. The quantitative estimate of drug-likeness (QED) is 0.552. The van der Waals surface area contributed by atoms with Crippen LogP contribution in [0, 0.1) is 5.82 Å². The lowest BCUT2D eigenvalue weighted by molar-refractivity contribution is -0.119. The van der Waals surface area contributed by atoms with Gasteiger partial charge in [-0.05, 0) is 37.6 Å². The molecule has 3 nitrogen and oxygen atoms in total. The Morgan fingerprint density at radius 3 is 2.58 bits per heavy atom. The Kier molecular flexibility index (Phi) is 6.57. The summed E-state index contributed by atoms with van der Waals surface area (Å²) >= 11 is 4.56. The van der Waals surface area contributed by atoms with Gasteiger partial charge in [-0.1, -0.05) is 40.2 Å². The van der Waals surface area contributed by atoms with E-state index in [0.717, 1.165) is 21.8 Å². The van der Waals surface area contributed by atoms with E-state index in [9.17, 15) is 14.0 Å². The average Bonchev–Trinajstić information content (AvgIpc) is 2.53. The lowest BCUT2D eigenvalue weighted by atomic mass is 10.1. The summed E-state index contributed by atoms with van der Waals surface area (Å²) in [5.74, 6) is -0.756. The lowest BCUT2D eigenvalue weighted by Crippen LogP contribution is -2.28. The number of nitrogens with one attached hydrogen (secondary N) is 1. The van der Waals surface area contributed by atoms with Gasteiger partial charge < -0.3 is 5.32 Å². The van der Waals surface area contributed by atoms with Gasteiger partial charge in [0.15, 0.2) is 5.78 Å². The Morgan fingerprint density at radius 2 is 1.96 bits per heavy atom. The number of amides is 1. The summed E-state index contributed by atoms with van der Waals surface area (Å²) < 4.78 is 14.9. The number of Topliss-reactive ketones (excluding diaryl/α,β-unsaturated/α-hetero) is 1. The smallest absolute Gasteiger partial charge is 0.230 e. The summed E-state index contributed by atoms with van der Waals surface area (Å²) in [6.45, 7) is 3.28. The first kappa shape index (κ1) is 18.7. The zero-order chi connectivity index (χ0) is 17.7. The predicted molar refractivity (Wildman–Crippen MR) is 97.8 cm³/mol. The molecule has 0 spiro atoms. The molecule has 0 heterocycles. The van der Waals surface area contributed by atoms with E-state index in [1.807, 2.05) is 31.2 Å². The molecule has 0 saturated heterocycles. The van der Waals surface area contributed by atoms with Crippen molar-refractivity contribution < 1.29 is 14.0 Å². The average molecular weight is 410 g/mol. The van der Waals surface area contributed by atoms with Crippen LogP contribution in [0.2, 0.25) is 0 Å². The van der Waals surface area contributed by atoms with Crippen molar-refractivity contribution in [3.63, 3.8) is 0 Å². The predicted octanol–water partition coefficient (Wildman–Crippen LogP) is 4.76. The van der Waals surface area contributed by atoms with Crippen molar-refractivity contribution in [3.8, 4) is 0 Å². The molecule has 0 aliphatic heterocycles. The van der Waals surface area contributed by atoms with Crippen LogP contribution in [-0.4, -0.2) is 17.4 Å². The number of thioether (sulfide) groups is 1. The Morgan fingerprint density at radius 1 is 1.25 bits per heavy atom. The van der Waals surface area contributed by atoms with Crippen LogP contribution in [0.25, 0.3) is 0 Å². The van der Waals surface area contributed by atoms with E-state index in [1.165, 1.54) is 19.1 Å². The van der Waals surface area contributed by atoms with Crippen molar-refractivity contribution in [2.75, 3.05) is 5.75 Å². The largest absolute Gasteiger partial charge is 0.349 e. The van der Waals surface area contributed by atoms with Crippen LogP contribution in [-0.2, 0) is 4.79 Å². The minimum atomic E-state index is -0.487. The third-order valence-electron chi connectivity index (χ3n) is 3.45. The van der Waals surface area contributed by atoms with Crippen LogP contribution < -0.4 is 5.32 Å². The molecule has 0 radical (unpaired) electrons. The van der Waals surface area contributed by atoms with Crippen LogP contribution in [0.5, 0.6) is 0 Å². The Labute approximate surface area is 153 Å². The molecule has 0 saturated carbocycles. The summed E-state index contributed by atoms with van der Waals surface area (Å²) in [5.41, 5.74) is 1.30. The maximum Gasteiger partial charge on any atom is 0.230 e. The first-order chi connectivity index (χ1) is 11.4. The van der Waals surface area contributed by atoms with Crippen LogP contribution >= 0.6 is 27.7 Å². The molecular weight excluding hydrogens is 393 g/mol. The molecule has 1 unspecified atom stereocenters. The number of carbonyl (C=O) groups is 2. The lowest BCUT2D eigenvalue weighted by Gasteiger charge is -2.15. The molecule has 1 amide bonds. The number of benzene rings is 2. The molecule has 0 aliphatic rings. The number of ketones is 1. The maximum absolute atomic E-state index is 13.9. The molecule has 24 heavy (non-hydrogen) atoms. The van der Waals surface area contributed by atoms with Crippen molar-refractivity contribution in [1.29, 1.82) is 0 Å². The number of halogens is 2. The van der Waals surface area contributed by atoms with Gasteiger partial charge in [0.05, 0.1) is 11.8 Å². The van der Waals surface area contributed by atoms with E-state index in [-0.39, 0.29) is 23.5 Å². The third-order valence-corrected chi connectivity index (χ3v) is 5.22. The van der Waals surface area contributed by atoms with Crippen molar-refractivity contribution in [2.45, 2.75) is 24.8 Å². The molecule has 0 aromatic heterocycles. The van der Waals surface area contributed by atoms with Crippen molar-refractivity contribution >= 4 is 39.4 Å². The van der Waals surface area contributed by atoms with Crippen LogP contribution in [0.15, 0.2) is 51.8 Å². The SMILES string of the molecule is CC(=O)c1ccc(SCC(=O)NC(C)c2ccccc2Br)c(F)c1. The van der Waals surface area contributed by atoms with E-state index in [4.69, 9.17) is 0 Å². The van der Waals surface area contributed by atoms with Gasteiger partial charge in [-0.15, -0.1) is 11.8 Å². The van der Waals surface area contributed by atoms with Gasteiger partial charge in [-0.25, -0.2) is 4.39 Å². The second-order valence-electron chi connectivity index (χ2n) is 5.30. The topological polar surface area (TPSA) is 46.2 Å². The fourth-order valence-electron chi connectivity index (χ4n) is 2.17. The van der Waals surface area contributed by atoms with Crippen LogP contribution in [0.1, 0.15) is 35.8 Å². The number of rotatable bonds is 6. The molecule has 1 N–H and O–H groups in total. The first-order valence-corrected chi connectivity index (χ1v) is 9.13. The molecule has 1 atom stereocenters. The van der Waals surface area contributed by atoms with E-state index in [1.54, 1.807) is 6.07 Å². The van der Waals surface area contributed by atoms with Crippen LogP contribution in [0.4, 0.5) is 4.39 Å². The second kappa shape index (κ2) is 8.44. The number of carbonyl (C=O) groups excluding carboxylic acids is 2. The molecule has 2 aromatic carbocycles. The summed E-state index contributed by atoms with van der Waals surface area (Å²) in [4.78, 5) is 23.6. The van der Waals surface area contributed by atoms with Crippen LogP contribution in [0.3, 0.4) is 0 Å². The fraction of sp³-hybridized carbons (Fsp3) is 0.222. The summed E-state index contributed by atoms with van der Waals surface area (Å²) in [6.07, 6.45) is 0. The van der Waals surface area contributed by atoms with Gasteiger partial charge in [-0.3, -0.25) is 9.59 Å². The van der Waals surface area contributed by atoms with Gasteiger partial charge in [-0.2, -0.15) is 0 Å². The standard InChI is InChI=1S/C18H17BrFNO2S/c1-11(14-5-3-4-6-15(14)19)21-18(23)10-24-17-8-7-13(12(2)22)9-16(17)20/h3-9,11H,10H2,1-2H3,(H,21,23).